The molecule has 3 aromatic carbocycles. The normalized spacial score (nSPS) is 12.7. The maximum Gasteiger partial charge on any atom is 0.0463 e. The lowest BCUT2D eigenvalue weighted by Crippen LogP contribution is -2.15. The number of rotatable bonds is 11. The average Bonchev–Trinajstić information content (AvgIpc) is 2.82. The molecule has 0 aliphatic rings. The average molecular weight is 431 g/mol. The lowest BCUT2D eigenvalue weighted by atomic mass is 10.1. The molecule has 3 rings (SSSR count). The van der Waals surface area contributed by atoms with Gasteiger partial charge in [0.2, 0.25) is 0 Å². The molecule has 3 N–H and O–H groups in total. The molecule has 0 aliphatic heterocycles. The van der Waals surface area contributed by atoms with Crippen LogP contribution >= 0.6 is 0 Å². The number of hydrogen-bond donors (Lipinski definition) is 3. The van der Waals surface area contributed by atoms with Crippen molar-refractivity contribution in [3.63, 3.8) is 0 Å². The lowest BCUT2D eigenvalue weighted by molar-refractivity contribution is 0.690. The third-order valence-corrected chi connectivity index (χ3v) is 5.83. The Morgan fingerprint density at radius 2 is 1.03 bits per heavy atom. The Balaban J connectivity index is 1.90. The second-order valence-electron chi connectivity index (χ2n) is 8.51. The zero-order valence-corrected chi connectivity index (χ0v) is 20.2. The predicted octanol–water partition coefficient (Wildman–Crippen LogP) is 8.01. The molecule has 2 atom stereocenters. The van der Waals surface area contributed by atoms with E-state index in [4.69, 9.17) is 0 Å². The van der Waals surface area contributed by atoms with Gasteiger partial charge in [0.05, 0.1) is 0 Å². The molecular formula is C28H38N4. The summed E-state index contributed by atoms with van der Waals surface area (Å²) in [6.45, 7) is 8.87. The minimum absolute atomic E-state index is 0.459. The second-order valence-corrected chi connectivity index (χ2v) is 8.51. The van der Waals surface area contributed by atoms with Crippen molar-refractivity contribution in [2.45, 2.75) is 59.0 Å². The molecular weight excluding hydrogens is 392 g/mol. The molecule has 170 valence electrons. The summed E-state index contributed by atoms with van der Waals surface area (Å²) in [5.74, 6) is 0. The first kappa shape index (κ1) is 23.5. The minimum atomic E-state index is 0.459. The highest BCUT2D eigenvalue weighted by molar-refractivity contribution is 5.78. The Hall–Kier alpha value is -3.14. The van der Waals surface area contributed by atoms with Gasteiger partial charge in [0.15, 0.2) is 0 Å². The first-order valence-corrected chi connectivity index (χ1v) is 11.8. The molecule has 0 radical (unpaired) electrons. The Bertz CT molecular complexity index is 933. The monoisotopic (exact) mass is 430 g/mol. The van der Waals surface area contributed by atoms with Gasteiger partial charge in [-0.25, -0.2) is 0 Å². The molecule has 0 aromatic heterocycles. The van der Waals surface area contributed by atoms with Crippen LogP contribution in [0, 0.1) is 0 Å². The van der Waals surface area contributed by atoms with Crippen molar-refractivity contribution in [1.82, 2.24) is 0 Å². The fourth-order valence-electron chi connectivity index (χ4n) is 3.81. The van der Waals surface area contributed by atoms with E-state index in [1.807, 2.05) is 7.05 Å². The summed E-state index contributed by atoms with van der Waals surface area (Å²) >= 11 is 0. The van der Waals surface area contributed by atoms with E-state index < -0.39 is 0 Å². The molecule has 0 amide bonds. The third kappa shape index (κ3) is 6.19. The van der Waals surface area contributed by atoms with Gasteiger partial charge in [-0.1, -0.05) is 20.3 Å². The van der Waals surface area contributed by atoms with Crippen molar-refractivity contribution in [1.29, 1.82) is 0 Å². The van der Waals surface area contributed by atoms with Gasteiger partial charge in [-0.3, -0.25) is 0 Å². The predicted molar refractivity (Wildman–Crippen MR) is 142 cm³/mol. The quantitative estimate of drug-likeness (QED) is 0.288. The molecule has 3 aromatic rings. The molecule has 0 heterocycles. The van der Waals surface area contributed by atoms with Crippen LogP contribution in [0.3, 0.4) is 0 Å². The van der Waals surface area contributed by atoms with Gasteiger partial charge in [-0.05, 0) is 99.5 Å². The zero-order valence-electron chi connectivity index (χ0n) is 20.2. The molecule has 2 unspecified atom stereocenters. The topological polar surface area (TPSA) is 39.3 Å². The summed E-state index contributed by atoms with van der Waals surface area (Å²) in [6, 6.07) is 26.9. The SMILES string of the molecule is CCCC(C)Nc1ccc(N(c2ccc(NC)cc2)c2ccc(NC(C)CC)cc2)cc1. The summed E-state index contributed by atoms with van der Waals surface area (Å²) in [5.41, 5.74) is 6.82. The van der Waals surface area contributed by atoms with Gasteiger partial charge < -0.3 is 20.9 Å². The molecule has 0 spiro atoms. The van der Waals surface area contributed by atoms with E-state index in [9.17, 15) is 0 Å². The van der Waals surface area contributed by atoms with Crippen molar-refractivity contribution >= 4 is 34.1 Å². The van der Waals surface area contributed by atoms with Gasteiger partial charge >= 0.3 is 0 Å². The highest BCUT2D eigenvalue weighted by atomic mass is 15.1. The van der Waals surface area contributed by atoms with Crippen LogP contribution in [0.4, 0.5) is 34.1 Å². The van der Waals surface area contributed by atoms with E-state index in [0.29, 0.717) is 12.1 Å². The van der Waals surface area contributed by atoms with E-state index in [1.54, 1.807) is 0 Å². The van der Waals surface area contributed by atoms with Crippen LogP contribution in [0.2, 0.25) is 0 Å². The van der Waals surface area contributed by atoms with Gasteiger partial charge in [0, 0.05) is 53.3 Å². The van der Waals surface area contributed by atoms with Crippen LogP contribution < -0.4 is 20.9 Å². The Morgan fingerprint density at radius 3 is 1.41 bits per heavy atom. The first-order chi connectivity index (χ1) is 15.5. The Morgan fingerprint density at radius 1 is 0.625 bits per heavy atom. The Labute approximate surface area is 194 Å². The smallest absolute Gasteiger partial charge is 0.0463 e. The van der Waals surface area contributed by atoms with Crippen LogP contribution in [0.1, 0.15) is 47.0 Å². The molecule has 4 heteroatoms. The van der Waals surface area contributed by atoms with Crippen molar-refractivity contribution in [3.8, 4) is 0 Å². The summed E-state index contributed by atoms with van der Waals surface area (Å²) in [4.78, 5) is 2.30. The number of nitrogens with zero attached hydrogens (tertiary/aromatic N) is 1. The van der Waals surface area contributed by atoms with Crippen LogP contribution in [0.15, 0.2) is 72.8 Å². The standard InChI is InChI=1S/C28H38N4/c1-6-8-22(4)31-25-13-19-28(20-14-25)32(26-15-9-23(29-5)10-16-26)27-17-11-24(12-18-27)30-21(3)7-2/h9-22,29-31H,6-8H2,1-5H3. The molecule has 0 fully saturated rings. The molecule has 32 heavy (non-hydrogen) atoms. The molecule has 0 saturated heterocycles. The number of anilines is 6. The third-order valence-electron chi connectivity index (χ3n) is 5.83. The van der Waals surface area contributed by atoms with E-state index in [1.165, 1.54) is 12.8 Å². The highest BCUT2D eigenvalue weighted by Gasteiger charge is 2.13. The van der Waals surface area contributed by atoms with Crippen LogP contribution in [-0.2, 0) is 0 Å². The summed E-state index contributed by atoms with van der Waals surface area (Å²) in [7, 11) is 1.95. The van der Waals surface area contributed by atoms with Crippen molar-refractivity contribution in [2.75, 3.05) is 27.9 Å². The second kappa shape index (κ2) is 11.5. The fraction of sp³-hybridized carbons (Fsp3) is 0.357. The number of hydrogen-bond acceptors (Lipinski definition) is 4. The van der Waals surface area contributed by atoms with E-state index in [-0.39, 0.29) is 0 Å². The Kier molecular flexibility index (Phi) is 8.43. The van der Waals surface area contributed by atoms with Crippen LogP contribution in [-0.4, -0.2) is 19.1 Å². The van der Waals surface area contributed by atoms with E-state index in [0.717, 1.165) is 40.5 Å². The van der Waals surface area contributed by atoms with Gasteiger partial charge in [-0.2, -0.15) is 0 Å². The summed E-state index contributed by atoms with van der Waals surface area (Å²) < 4.78 is 0. The lowest BCUT2D eigenvalue weighted by Gasteiger charge is -2.26. The van der Waals surface area contributed by atoms with Crippen molar-refractivity contribution < 1.29 is 0 Å². The molecule has 4 nitrogen and oxygen atoms in total. The zero-order chi connectivity index (χ0) is 22.9. The van der Waals surface area contributed by atoms with Crippen LogP contribution in [0.25, 0.3) is 0 Å². The summed E-state index contributed by atoms with van der Waals surface area (Å²) in [5, 5.41) is 10.4. The first-order valence-electron chi connectivity index (χ1n) is 11.8. The molecule has 0 bridgehead atoms. The van der Waals surface area contributed by atoms with Gasteiger partial charge in [0.25, 0.3) is 0 Å². The molecule has 0 aliphatic carbocycles. The van der Waals surface area contributed by atoms with Gasteiger partial charge in [0.1, 0.15) is 0 Å². The van der Waals surface area contributed by atoms with Crippen molar-refractivity contribution in [2.24, 2.45) is 0 Å². The van der Waals surface area contributed by atoms with Gasteiger partial charge in [-0.15, -0.1) is 0 Å². The fourth-order valence-corrected chi connectivity index (χ4v) is 3.81. The van der Waals surface area contributed by atoms with E-state index in [2.05, 4.69) is 121 Å². The van der Waals surface area contributed by atoms with E-state index >= 15 is 0 Å². The number of nitrogens with one attached hydrogen (secondary N) is 3. The number of benzene rings is 3. The maximum absolute atomic E-state index is 3.60. The van der Waals surface area contributed by atoms with Crippen LogP contribution in [0.5, 0.6) is 0 Å². The van der Waals surface area contributed by atoms with Crippen molar-refractivity contribution in [3.05, 3.63) is 72.8 Å². The summed E-state index contributed by atoms with van der Waals surface area (Å²) in [6.07, 6.45) is 3.45. The largest absolute Gasteiger partial charge is 0.388 e. The molecule has 0 saturated carbocycles. The highest BCUT2D eigenvalue weighted by Crippen LogP contribution is 2.36. The maximum atomic E-state index is 3.60. The minimum Gasteiger partial charge on any atom is -0.388 e.